The van der Waals surface area contributed by atoms with E-state index in [1.54, 1.807) is 24.1 Å². The van der Waals surface area contributed by atoms with Crippen molar-refractivity contribution in [2.45, 2.75) is 19.4 Å². The Morgan fingerprint density at radius 2 is 1.75 bits per heavy atom. The van der Waals surface area contributed by atoms with Gasteiger partial charge < -0.3 is 14.2 Å². The number of aromatic nitrogens is 4. The Hall–Kier alpha value is -3.87. The van der Waals surface area contributed by atoms with E-state index in [1.165, 1.54) is 12.8 Å². The molecule has 1 aliphatic rings. The first kappa shape index (κ1) is 20.1. The van der Waals surface area contributed by atoms with Crippen molar-refractivity contribution in [1.29, 1.82) is 0 Å². The van der Waals surface area contributed by atoms with Crippen molar-refractivity contribution in [3.63, 3.8) is 0 Å². The second-order valence-corrected chi connectivity index (χ2v) is 7.74. The third-order valence-electron chi connectivity index (χ3n) is 5.27. The summed E-state index contributed by atoms with van der Waals surface area (Å²) >= 11 is 0. The minimum absolute atomic E-state index is 0.368. The van der Waals surface area contributed by atoms with Crippen LogP contribution in [0.15, 0.2) is 72.9 Å². The van der Waals surface area contributed by atoms with Gasteiger partial charge in [0.05, 0.1) is 25.6 Å². The zero-order valence-corrected chi connectivity index (χ0v) is 17.8. The van der Waals surface area contributed by atoms with Crippen LogP contribution in [-0.4, -0.2) is 33.5 Å². The van der Waals surface area contributed by atoms with Crippen LogP contribution in [0.5, 0.6) is 17.6 Å². The molecule has 0 spiro atoms. The highest BCUT2D eigenvalue weighted by atomic mass is 16.5. The van der Waals surface area contributed by atoms with Gasteiger partial charge in [-0.2, -0.15) is 4.98 Å². The van der Waals surface area contributed by atoms with Gasteiger partial charge >= 0.3 is 6.01 Å². The van der Waals surface area contributed by atoms with Crippen molar-refractivity contribution in [2.75, 3.05) is 13.7 Å². The molecule has 2 aromatic heterocycles. The summed E-state index contributed by atoms with van der Waals surface area (Å²) in [5.41, 5.74) is 2.81. The van der Waals surface area contributed by atoms with Crippen molar-refractivity contribution in [3.8, 4) is 34.7 Å². The Kier molecular flexibility index (Phi) is 5.70. The molecule has 0 bridgehead atoms. The van der Waals surface area contributed by atoms with E-state index in [1.807, 2.05) is 60.7 Å². The van der Waals surface area contributed by atoms with E-state index < -0.39 is 0 Å². The summed E-state index contributed by atoms with van der Waals surface area (Å²) in [7, 11) is 1.59. The Morgan fingerprint density at radius 1 is 0.938 bits per heavy atom. The van der Waals surface area contributed by atoms with Gasteiger partial charge in [-0.1, -0.05) is 30.3 Å². The third kappa shape index (κ3) is 4.72. The number of benzene rings is 2. The molecular formula is C25H24N4O3. The van der Waals surface area contributed by atoms with E-state index >= 15 is 0 Å². The molecule has 0 amide bonds. The van der Waals surface area contributed by atoms with Crippen molar-refractivity contribution >= 4 is 0 Å². The maximum atomic E-state index is 5.91. The highest BCUT2D eigenvalue weighted by Gasteiger charge is 2.23. The van der Waals surface area contributed by atoms with E-state index in [-0.39, 0.29) is 0 Å². The molecule has 0 atom stereocenters. The zero-order chi connectivity index (χ0) is 21.8. The van der Waals surface area contributed by atoms with Gasteiger partial charge in [-0.05, 0) is 54.7 Å². The predicted octanol–water partition coefficient (Wildman–Crippen LogP) is 4.71. The van der Waals surface area contributed by atoms with Gasteiger partial charge in [0.15, 0.2) is 5.82 Å². The number of ether oxygens (including phenoxy) is 3. The molecule has 0 radical (unpaired) electrons. The van der Waals surface area contributed by atoms with Crippen molar-refractivity contribution < 1.29 is 14.2 Å². The second-order valence-electron chi connectivity index (χ2n) is 7.74. The summed E-state index contributed by atoms with van der Waals surface area (Å²) < 4.78 is 18.7. The molecule has 2 heterocycles. The van der Waals surface area contributed by atoms with E-state index in [2.05, 4.69) is 15.1 Å². The first-order chi connectivity index (χ1) is 15.8. The topological polar surface area (TPSA) is 71.3 Å². The number of rotatable bonds is 9. The lowest BCUT2D eigenvalue weighted by molar-refractivity contribution is 0.276. The van der Waals surface area contributed by atoms with Crippen LogP contribution in [0.1, 0.15) is 18.4 Å². The maximum Gasteiger partial charge on any atom is 0.336 e. The lowest BCUT2D eigenvalue weighted by atomic mass is 10.2. The van der Waals surface area contributed by atoms with Crippen LogP contribution in [0.3, 0.4) is 0 Å². The molecule has 4 aromatic rings. The molecule has 7 nitrogen and oxygen atoms in total. The average Bonchev–Trinajstić information content (AvgIpc) is 3.60. The number of pyridine rings is 1. The molecule has 162 valence electrons. The summed E-state index contributed by atoms with van der Waals surface area (Å²) in [6, 6.07) is 22.0. The monoisotopic (exact) mass is 428 g/mol. The largest absolute Gasteiger partial charge is 0.489 e. The van der Waals surface area contributed by atoms with Gasteiger partial charge in [0, 0.05) is 11.6 Å². The standard InChI is InChI=1S/C25H24N4O3/c1-30-23-14-11-21(15-26-23)29-24(27-25(28-29)32-17-19-7-8-19)20-9-12-22(13-10-20)31-16-18-5-3-2-4-6-18/h2-6,9-15,19H,7-8,16-17H2,1H3. The summed E-state index contributed by atoms with van der Waals surface area (Å²) in [6.45, 7) is 1.17. The SMILES string of the molecule is COc1ccc(-n2nc(OCC3CC3)nc2-c2ccc(OCc3ccccc3)cc2)cn1. The van der Waals surface area contributed by atoms with Gasteiger partial charge in [0.25, 0.3) is 0 Å². The van der Waals surface area contributed by atoms with E-state index in [9.17, 15) is 0 Å². The molecule has 1 fully saturated rings. The summed E-state index contributed by atoms with van der Waals surface area (Å²) in [6.07, 6.45) is 4.12. The fourth-order valence-corrected chi connectivity index (χ4v) is 3.26. The van der Waals surface area contributed by atoms with Crippen LogP contribution in [0.4, 0.5) is 0 Å². The Morgan fingerprint density at radius 3 is 2.44 bits per heavy atom. The van der Waals surface area contributed by atoms with Crippen LogP contribution < -0.4 is 14.2 Å². The fraction of sp³-hybridized carbons (Fsp3) is 0.240. The molecule has 7 heteroatoms. The van der Waals surface area contributed by atoms with Crippen molar-refractivity contribution in [1.82, 2.24) is 19.7 Å². The number of hydrogen-bond donors (Lipinski definition) is 0. The van der Waals surface area contributed by atoms with E-state index in [0.29, 0.717) is 36.8 Å². The first-order valence-corrected chi connectivity index (χ1v) is 10.7. The first-order valence-electron chi connectivity index (χ1n) is 10.7. The lowest BCUT2D eigenvalue weighted by Gasteiger charge is -2.08. The van der Waals surface area contributed by atoms with Crippen molar-refractivity contribution in [3.05, 3.63) is 78.5 Å². The van der Waals surface area contributed by atoms with Gasteiger partial charge in [-0.25, -0.2) is 9.67 Å². The van der Waals surface area contributed by atoms with Crippen molar-refractivity contribution in [2.24, 2.45) is 5.92 Å². The minimum Gasteiger partial charge on any atom is -0.489 e. The molecule has 0 aliphatic heterocycles. The molecule has 32 heavy (non-hydrogen) atoms. The van der Waals surface area contributed by atoms with Crippen LogP contribution in [-0.2, 0) is 6.61 Å². The van der Waals surface area contributed by atoms with E-state index in [4.69, 9.17) is 14.2 Å². The van der Waals surface area contributed by atoms with Gasteiger partial charge in [-0.3, -0.25) is 0 Å². The summed E-state index contributed by atoms with van der Waals surface area (Å²) in [5, 5.41) is 4.58. The molecule has 0 N–H and O–H groups in total. The number of nitrogens with zero attached hydrogens (tertiary/aromatic N) is 4. The quantitative estimate of drug-likeness (QED) is 0.385. The van der Waals surface area contributed by atoms with Crippen LogP contribution in [0.25, 0.3) is 17.1 Å². The third-order valence-corrected chi connectivity index (χ3v) is 5.27. The van der Waals surface area contributed by atoms with Gasteiger partial charge in [-0.15, -0.1) is 5.10 Å². The Balaban J connectivity index is 1.38. The minimum atomic E-state index is 0.368. The molecule has 5 rings (SSSR count). The highest BCUT2D eigenvalue weighted by Crippen LogP contribution is 2.30. The maximum absolute atomic E-state index is 5.91. The molecular weight excluding hydrogens is 404 g/mol. The predicted molar refractivity (Wildman–Crippen MR) is 120 cm³/mol. The number of methoxy groups -OCH3 is 1. The van der Waals surface area contributed by atoms with Crippen LogP contribution in [0.2, 0.25) is 0 Å². The summed E-state index contributed by atoms with van der Waals surface area (Å²) in [4.78, 5) is 8.95. The molecule has 1 saturated carbocycles. The lowest BCUT2D eigenvalue weighted by Crippen LogP contribution is -2.02. The van der Waals surface area contributed by atoms with Gasteiger partial charge in [0.2, 0.25) is 5.88 Å². The fourth-order valence-electron chi connectivity index (χ4n) is 3.26. The Labute approximate surface area is 186 Å². The molecule has 0 saturated heterocycles. The summed E-state index contributed by atoms with van der Waals surface area (Å²) in [5.74, 6) is 2.63. The normalized spacial score (nSPS) is 13.0. The highest BCUT2D eigenvalue weighted by molar-refractivity contribution is 5.59. The van der Waals surface area contributed by atoms with E-state index in [0.717, 1.165) is 22.6 Å². The van der Waals surface area contributed by atoms with Gasteiger partial charge in [0.1, 0.15) is 12.4 Å². The molecule has 1 aliphatic carbocycles. The molecule has 2 aromatic carbocycles. The average molecular weight is 428 g/mol. The van der Waals surface area contributed by atoms with Crippen LogP contribution >= 0.6 is 0 Å². The smallest absolute Gasteiger partial charge is 0.336 e. The van der Waals surface area contributed by atoms with Crippen LogP contribution in [0, 0.1) is 5.92 Å². The zero-order valence-electron chi connectivity index (χ0n) is 17.8. The number of hydrogen-bond acceptors (Lipinski definition) is 6. The Bertz CT molecular complexity index is 1150. The molecule has 0 unspecified atom stereocenters. The second kappa shape index (κ2) is 9.09.